The Bertz CT molecular complexity index is 1240. The van der Waals surface area contributed by atoms with Crippen LogP contribution in [0.2, 0.25) is 15.2 Å². The number of rotatable bonds is 7. The van der Waals surface area contributed by atoms with Gasteiger partial charge in [-0.3, -0.25) is 14.4 Å². The van der Waals surface area contributed by atoms with Gasteiger partial charge in [0, 0.05) is 18.3 Å². The normalized spacial score (nSPS) is 25.3. The fourth-order valence-electron chi connectivity index (χ4n) is 6.15. The second-order valence-electron chi connectivity index (χ2n) is 12.3. The summed E-state index contributed by atoms with van der Waals surface area (Å²) in [6.07, 6.45) is 7.10. The zero-order chi connectivity index (χ0) is 28.7. The van der Waals surface area contributed by atoms with Crippen molar-refractivity contribution < 1.29 is 19.5 Å². The number of carboxylic acid groups (broad SMARTS) is 1. The molecule has 9 heteroatoms. The summed E-state index contributed by atoms with van der Waals surface area (Å²) in [6, 6.07) is 6.52. The van der Waals surface area contributed by atoms with E-state index in [1.807, 2.05) is 17.7 Å². The molecule has 6 nitrogen and oxygen atoms in total. The van der Waals surface area contributed by atoms with Crippen LogP contribution in [0, 0.1) is 16.7 Å². The van der Waals surface area contributed by atoms with Crippen molar-refractivity contribution in [2.75, 3.05) is 6.54 Å². The molecule has 2 aromatic rings. The van der Waals surface area contributed by atoms with Gasteiger partial charge in [0.25, 0.3) is 5.91 Å². The van der Waals surface area contributed by atoms with Crippen molar-refractivity contribution in [3.63, 3.8) is 0 Å². The Morgan fingerprint density at radius 1 is 1.00 bits per heavy atom. The first kappa shape index (κ1) is 30.0. The smallest absolute Gasteiger partial charge is 0.309 e. The van der Waals surface area contributed by atoms with Gasteiger partial charge in [-0.25, -0.2) is 0 Å². The fourth-order valence-corrected chi connectivity index (χ4v) is 7.10. The lowest BCUT2D eigenvalue weighted by Crippen LogP contribution is -2.46. The summed E-state index contributed by atoms with van der Waals surface area (Å²) in [5.41, 5.74) is -0.0275. The van der Waals surface area contributed by atoms with Gasteiger partial charge in [-0.15, -0.1) is 0 Å². The molecule has 39 heavy (non-hydrogen) atoms. The number of carboxylic acids is 1. The molecule has 1 aromatic carbocycles. The third-order valence-electron chi connectivity index (χ3n) is 9.24. The van der Waals surface area contributed by atoms with Crippen LogP contribution in [0.4, 0.5) is 0 Å². The molecule has 2 aliphatic rings. The SMILES string of the molecule is C[C@H]1C[C@H](n2ccc(C(=O)N(CC(=O)c3c(Cl)cccc3Cl)C3CCC(C)(C)CC3)c2Cl)CC[C@@]1(C)C(=O)O. The number of nitrogens with zero attached hydrogens (tertiary/aromatic N) is 2. The molecule has 0 aliphatic heterocycles. The fraction of sp³-hybridized carbons (Fsp3) is 0.567. The highest BCUT2D eigenvalue weighted by Gasteiger charge is 2.44. The van der Waals surface area contributed by atoms with Crippen LogP contribution in [-0.4, -0.2) is 44.8 Å². The predicted octanol–water partition coefficient (Wildman–Crippen LogP) is 8.19. The van der Waals surface area contributed by atoms with Crippen LogP contribution < -0.4 is 0 Å². The second-order valence-corrected chi connectivity index (χ2v) is 13.5. The minimum absolute atomic E-state index is 0.00558. The molecule has 4 rings (SSSR count). The average Bonchev–Trinajstić information content (AvgIpc) is 3.25. The molecule has 3 atom stereocenters. The molecule has 2 aliphatic carbocycles. The van der Waals surface area contributed by atoms with Gasteiger partial charge in [0.05, 0.1) is 33.1 Å². The highest BCUT2D eigenvalue weighted by atomic mass is 35.5. The molecule has 1 aromatic heterocycles. The van der Waals surface area contributed by atoms with Crippen molar-refractivity contribution in [1.82, 2.24) is 9.47 Å². The standard InChI is InChI=1S/C30H37Cl3N2O4/c1-18-16-20(10-14-30(18,4)28(38)39)34-15-11-21(26(34)33)27(37)35(19-8-12-29(2,3)13-9-19)17-24(36)25-22(31)6-5-7-23(25)32/h5-7,11,15,18-20H,8-10,12-14,16-17H2,1-4H3,(H,38,39)/t18-,20+,30+/m0/s1. The molecular weight excluding hydrogens is 559 g/mol. The number of hydrogen-bond donors (Lipinski definition) is 1. The van der Waals surface area contributed by atoms with Crippen LogP contribution in [0.1, 0.15) is 99.4 Å². The first-order valence-electron chi connectivity index (χ1n) is 13.6. The Balaban J connectivity index is 1.61. The average molecular weight is 596 g/mol. The van der Waals surface area contributed by atoms with Crippen LogP contribution in [0.3, 0.4) is 0 Å². The van der Waals surface area contributed by atoms with Crippen LogP contribution in [-0.2, 0) is 4.79 Å². The molecule has 0 radical (unpaired) electrons. The predicted molar refractivity (Wildman–Crippen MR) is 155 cm³/mol. The molecule has 0 unspecified atom stereocenters. The van der Waals surface area contributed by atoms with E-state index in [-0.39, 0.29) is 57.3 Å². The molecule has 0 saturated heterocycles. The molecular formula is C30H37Cl3N2O4. The van der Waals surface area contributed by atoms with Gasteiger partial charge in [0.15, 0.2) is 5.78 Å². The minimum Gasteiger partial charge on any atom is -0.481 e. The number of ketones is 1. The summed E-state index contributed by atoms with van der Waals surface area (Å²) < 4.78 is 1.89. The third kappa shape index (κ3) is 6.03. The van der Waals surface area contributed by atoms with E-state index in [0.717, 1.165) is 25.7 Å². The molecule has 1 amide bonds. The molecule has 1 heterocycles. The largest absolute Gasteiger partial charge is 0.481 e. The molecule has 0 bridgehead atoms. The molecule has 212 valence electrons. The number of hydrogen-bond acceptors (Lipinski definition) is 3. The van der Waals surface area contributed by atoms with E-state index in [0.29, 0.717) is 30.0 Å². The molecule has 2 fully saturated rings. The van der Waals surface area contributed by atoms with Crippen molar-refractivity contribution in [3.8, 4) is 0 Å². The maximum atomic E-state index is 14.0. The van der Waals surface area contributed by atoms with Crippen LogP contribution in [0.5, 0.6) is 0 Å². The van der Waals surface area contributed by atoms with E-state index in [2.05, 4.69) is 13.8 Å². The van der Waals surface area contributed by atoms with Crippen LogP contribution in [0.25, 0.3) is 0 Å². The first-order valence-corrected chi connectivity index (χ1v) is 14.8. The van der Waals surface area contributed by atoms with E-state index in [9.17, 15) is 19.5 Å². The minimum atomic E-state index is -0.780. The van der Waals surface area contributed by atoms with Crippen molar-refractivity contribution in [2.45, 2.75) is 84.7 Å². The number of benzene rings is 1. The van der Waals surface area contributed by atoms with Gasteiger partial charge in [0.1, 0.15) is 5.15 Å². The monoisotopic (exact) mass is 594 g/mol. The van der Waals surface area contributed by atoms with Crippen molar-refractivity contribution in [1.29, 1.82) is 0 Å². The Morgan fingerprint density at radius 2 is 1.62 bits per heavy atom. The van der Waals surface area contributed by atoms with Gasteiger partial charge in [-0.1, -0.05) is 61.6 Å². The third-order valence-corrected chi connectivity index (χ3v) is 10.3. The van der Waals surface area contributed by atoms with Gasteiger partial charge < -0.3 is 14.6 Å². The summed E-state index contributed by atoms with van der Waals surface area (Å²) in [5.74, 6) is -1.43. The lowest BCUT2D eigenvalue weighted by molar-refractivity contribution is -0.153. The first-order chi connectivity index (χ1) is 18.2. The number of amides is 1. The van der Waals surface area contributed by atoms with E-state index >= 15 is 0 Å². The van der Waals surface area contributed by atoms with E-state index < -0.39 is 11.4 Å². The van der Waals surface area contributed by atoms with E-state index in [1.165, 1.54) is 0 Å². The molecule has 0 spiro atoms. The molecule has 1 N–H and O–H groups in total. The highest BCUT2D eigenvalue weighted by molar-refractivity contribution is 6.40. The zero-order valence-corrected chi connectivity index (χ0v) is 25.2. The lowest BCUT2D eigenvalue weighted by atomic mass is 9.67. The maximum absolute atomic E-state index is 14.0. The lowest BCUT2D eigenvalue weighted by Gasteiger charge is -2.40. The highest BCUT2D eigenvalue weighted by Crippen LogP contribution is 2.46. The number of carbonyl (C=O) groups is 3. The number of carbonyl (C=O) groups excluding carboxylic acids is 2. The van der Waals surface area contributed by atoms with Crippen LogP contribution >= 0.6 is 34.8 Å². The second kappa shape index (κ2) is 11.5. The summed E-state index contributed by atoms with van der Waals surface area (Å²) in [6.45, 7) is 8.06. The Kier molecular flexibility index (Phi) is 8.80. The Hall–Kier alpha value is -2.02. The van der Waals surface area contributed by atoms with Gasteiger partial charge >= 0.3 is 5.97 Å². The number of aromatic nitrogens is 1. The topological polar surface area (TPSA) is 79.6 Å². The van der Waals surface area contributed by atoms with E-state index in [4.69, 9.17) is 34.8 Å². The summed E-state index contributed by atoms with van der Waals surface area (Å²) in [5, 5.41) is 10.6. The Morgan fingerprint density at radius 3 is 2.18 bits per heavy atom. The summed E-state index contributed by atoms with van der Waals surface area (Å²) in [4.78, 5) is 41.0. The summed E-state index contributed by atoms with van der Waals surface area (Å²) >= 11 is 19.5. The van der Waals surface area contributed by atoms with Gasteiger partial charge in [-0.2, -0.15) is 0 Å². The Labute approximate surface area is 245 Å². The number of aliphatic carboxylic acids is 1. The maximum Gasteiger partial charge on any atom is 0.309 e. The van der Waals surface area contributed by atoms with Gasteiger partial charge in [0.2, 0.25) is 0 Å². The van der Waals surface area contributed by atoms with Crippen molar-refractivity contribution in [2.24, 2.45) is 16.7 Å². The quantitative estimate of drug-likeness (QED) is 0.327. The number of halogens is 3. The summed E-state index contributed by atoms with van der Waals surface area (Å²) in [7, 11) is 0. The van der Waals surface area contributed by atoms with Crippen molar-refractivity contribution in [3.05, 3.63) is 56.8 Å². The van der Waals surface area contributed by atoms with Crippen molar-refractivity contribution >= 4 is 52.5 Å². The number of Topliss-reactive ketones (excluding diaryl/α,β-unsaturated/α-hetero) is 1. The van der Waals surface area contributed by atoms with E-state index in [1.54, 1.807) is 36.1 Å². The van der Waals surface area contributed by atoms with Gasteiger partial charge in [-0.05, 0) is 81.4 Å². The van der Waals surface area contributed by atoms with Crippen LogP contribution in [0.15, 0.2) is 30.5 Å². The zero-order valence-electron chi connectivity index (χ0n) is 23.0. The molecule has 2 saturated carbocycles.